The van der Waals surface area contributed by atoms with Gasteiger partial charge in [-0.2, -0.15) is 29.5 Å². The predicted molar refractivity (Wildman–Crippen MR) is 243 cm³/mol. The standard InChI is InChI=1S/C35H24N4S.C15H17FGeN.Ir/c1-21-20-28-25-13-8-14-27(33(25)40-35(28)37-22(21)2)34-38-30-18-17-29-26(15-9-19-36-29)32(30)39(34)31-16-7-6-12-24(31)23-10-4-3-5-11-23;1-11-9-15(12-7-5-6-8-13(12)16)18-10-14(11)17(2,3)4;/h3-13,15-20,34H,1-2H3;5-6,8-10H,1-4H3;/q-2;-1;+3/i1D3,2D3;1D3;. The predicted octanol–water partition coefficient (Wildman–Crippen LogP) is 13.5. The van der Waals surface area contributed by atoms with Crippen molar-refractivity contribution in [2.24, 2.45) is 0 Å². The van der Waals surface area contributed by atoms with Crippen molar-refractivity contribution in [1.29, 1.82) is 0 Å². The van der Waals surface area contributed by atoms with Crippen molar-refractivity contribution in [2.45, 2.75) is 44.0 Å². The maximum Gasteiger partial charge on any atom is 3.00 e. The van der Waals surface area contributed by atoms with E-state index >= 15 is 0 Å². The second kappa shape index (κ2) is 16.4. The van der Waals surface area contributed by atoms with Gasteiger partial charge >= 0.3 is 135 Å². The Bertz CT molecular complexity index is 3340. The molecular formula is C50H41FGeIrN5S. The number of rotatable bonds is 5. The molecule has 1 aliphatic heterocycles. The van der Waals surface area contributed by atoms with Crippen molar-refractivity contribution in [3.8, 4) is 22.4 Å². The second-order valence-corrected chi connectivity index (χ2v) is 26.6. The molecule has 0 spiro atoms. The summed E-state index contributed by atoms with van der Waals surface area (Å²) < 4.78 is 87.0. The van der Waals surface area contributed by atoms with Crippen LogP contribution in [0.25, 0.3) is 58.9 Å². The number of aryl methyl sites for hydroxylation is 3. The van der Waals surface area contributed by atoms with E-state index in [1.165, 1.54) is 29.5 Å². The van der Waals surface area contributed by atoms with Crippen LogP contribution < -0.4 is 9.30 Å². The molecule has 9 aromatic rings. The smallest absolute Gasteiger partial charge is 0.661 e. The van der Waals surface area contributed by atoms with E-state index in [0.717, 1.165) is 59.1 Å². The number of halogens is 1. The van der Waals surface area contributed by atoms with Crippen LogP contribution >= 0.6 is 11.3 Å². The molecule has 0 bridgehead atoms. The van der Waals surface area contributed by atoms with Gasteiger partial charge in [0.1, 0.15) is 4.83 Å². The zero-order valence-corrected chi connectivity index (χ0v) is 37.4. The van der Waals surface area contributed by atoms with Gasteiger partial charge in [-0.15, -0.1) is 16.6 Å². The third-order valence-electron chi connectivity index (χ3n) is 10.2. The zero-order chi connectivity index (χ0) is 47.6. The first kappa shape index (κ1) is 30.7. The number of aromatic nitrogens is 3. The van der Waals surface area contributed by atoms with Gasteiger partial charge in [-0.3, -0.25) is 4.98 Å². The first-order chi connectivity index (χ1) is 31.7. The molecule has 1 unspecified atom stereocenters. The van der Waals surface area contributed by atoms with Crippen molar-refractivity contribution >= 4 is 77.3 Å². The first-order valence-electron chi connectivity index (χ1n) is 23.2. The summed E-state index contributed by atoms with van der Waals surface area (Å²) in [6, 6.07) is 43.7. The molecule has 0 amide bonds. The minimum Gasteiger partial charge on any atom is -0.661 e. The molecule has 10 rings (SSSR count). The molecule has 1 aliphatic rings. The van der Waals surface area contributed by atoms with Gasteiger partial charge in [-0.1, -0.05) is 59.3 Å². The maximum absolute atomic E-state index is 13.8. The summed E-state index contributed by atoms with van der Waals surface area (Å²) >= 11 is -1.05. The molecule has 0 saturated carbocycles. The largest absolute Gasteiger partial charge is 3.00 e. The summed E-state index contributed by atoms with van der Waals surface area (Å²) in [6.45, 7) is -7.55. The normalized spacial score (nSPS) is 16.4. The van der Waals surface area contributed by atoms with Crippen LogP contribution in [0.3, 0.4) is 0 Å². The minimum atomic E-state index is -2.68. The molecule has 292 valence electrons. The number of thiophene rings is 1. The molecule has 0 radical (unpaired) electrons. The third kappa shape index (κ3) is 7.60. The number of hydrogen-bond acceptors (Lipinski definition) is 5. The number of hydrogen-bond donors (Lipinski definition) is 0. The molecule has 4 aromatic heterocycles. The number of nitrogens with zero attached hydrogens (tertiary/aromatic N) is 5. The van der Waals surface area contributed by atoms with Crippen molar-refractivity contribution in [3.63, 3.8) is 0 Å². The molecule has 5 heterocycles. The molecule has 5 nitrogen and oxygen atoms in total. The molecule has 9 heteroatoms. The summed E-state index contributed by atoms with van der Waals surface area (Å²) in [7, 11) is 0. The van der Waals surface area contributed by atoms with Crippen LogP contribution in [-0.2, 0) is 20.1 Å². The zero-order valence-electron chi connectivity index (χ0n) is 41.1. The van der Waals surface area contributed by atoms with Gasteiger partial charge in [-0.25, -0.2) is 4.98 Å². The fraction of sp³-hybridized carbons (Fsp3) is 0.140. The van der Waals surface area contributed by atoms with Crippen LogP contribution in [0.1, 0.15) is 40.9 Å². The average Bonchev–Trinajstić information content (AvgIpc) is 3.87. The van der Waals surface area contributed by atoms with E-state index in [0.29, 0.717) is 15.9 Å². The van der Waals surface area contributed by atoms with Crippen molar-refractivity contribution in [3.05, 3.63) is 179 Å². The topological polar surface area (TPSA) is 56.0 Å². The number of benzene rings is 5. The Balaban J connectivity index is 0.000000240. The van der Waals surface area contributed by atoms with E-state index in [4.69, 9.17) is 17.7 Å². The Morgan fingerprint density at radius 2 is 1.63 bits per heavy atom. The van der Waals surface area contributed by atoms with Gasteiger partial charge in [0.05, 0.1) is 5.52 Å². The van der Waals surface area contributed by atoms with Crippen molar-refractivity contribution in [2.75, 3.05) is 4.90 Å². The second-order valence-electron chi connectivity index (χ2n) is 15.0. The molecule has 5 aromatic carbocycles. The van der Waals surface area contributed by atoms with E-state index in [9.17, 15) is 4.39 Å². The summed E-state index contributed by atoms with van der Waals surface area (Å²) in [5.74, 6) is 5.88. The van der Waals surface area contributed by atoms with Gasteiger partial charge in [0, 0.05) is 42.4 Å². The van der Waals surface area contributed by atoms with Crippen LogP contribution in [0, 0.1) is 38.5 Å². The summed E-state index contributed by atoms with van der Waals surface area (Å²) in [5.41, 5.74) is 6.57. The molecule has 0 saturated heterocycles. The van der Waals surface area contributed by atoms with Crippen LogP contribution in [-0.4, -0.2) is 28.2 Å². The first-order valence-corrected chi connectivity index (χ1v) is 26.8. The van der Waals surface area contributed by atoms with Gasteiger partial charge in [0.2, 0.25) is 0 Å². The Kier molecular flexibility index (Phi) is 8.56. The fourth-order valence-electron chi connectivity index (χ4n) is 7.47. The molecule has 1 atom stereocenters. The Morgan fingerprint density at radius 3 is 2.42 bits per heavy atom. The van der Waals surface area contributed by atoms with Crippen molar-refractivity contribution in [1.82, 2.24) is 15.0 Å². The van der Waals surface area contributed by atoms with Gasteiger partial charge < -0.3 is 10.2 Å². The molecule has 0 fully saturated rings. The van der Waals surface area contributed by atoms with Crippen LogP contribution in [0.15, 0.2) is 134 Å². The van der Waals surface area contributed by atoms with E-state index in [2.05, 4.69) is 79.6 Å². The van der Waals surface area contributed by atoms with E-state index < -0.39 is 51.5 Å². The Labute approximate surface area is 377 Å². The van der Waals surface area contributed by atoms with Crippen LogP contribution in [0.2, 0.25) is 17.3 Å². The molecule has 59 heavy (non-hydrogen) atoms. The fourth-order valence-corrected chi connectivity index (χ4v) is 11.4. The third-order valence-corrected chi connectivity index (χ3v) is 15.6. The van der Waals surface area contributed by atoms with Crippen LogP contribution in [0.5, 0.6) is 0 Å². The van der Waals surface area contributed by atoms with E-state index in [1.54, 1.807) is 24.5 Å². The maximum atomic E-state index is 13.8. The Hall–Kier alpha value is -5.25. The van der Waals surface area contributed by atoms with E-state index in [1.807, 2.05) is 60.7 Å². The van der Waals surface area contributed by atoms with Gasteiger partial charge in [0.15, 0.2) is 0 Å². The summed E-state index contributed by atoms with van der Waals surface area (Å²) in [4.78, 5) is 16.0. The van der Waals surface area contributed by atoms with Crippen molar-refractivity contribution < 1.29 is 36.8 Å². The van der Waals surface area contributed by atoms with E-state index in [-0.39, 0.29) is 36.8 Å². The monoisotopic (exact) mass is 1040 g/mol. The Morgan fingerprint density at radius 1 is 0.797 bits per heavy atom. The summed E-state index contributed by atoms with van der Waals surface area (Å²) in [6.07, 6.45) is 2.85. The van der Waals surface area contributed by atoms with Gasteiger partial charge in [0.25, 0.3) is 0 Å². The minimum absolute atomic E-state index is 0. The van der Waals surface area contributed by atoms with Crippen LogP contribution in [0.4, 0.5) is 21.5 Å². The number of para-hydroxylation sites is 1. The SMILES string of the molecule is [2H]C([2H])([2H])c1cc(-c2[c-]cccc2F)nc[c]1[Ge]([CH3])([CH3])[CH3].[2H]C([2H])([2H])c1cc2c(nc1C([2H])([2H])[2H])sc1c(C3[N-]c4ccc5ncccc5c4N3c3ccccc3-c3ccccc3)[c-]ccc12.[Ir+3]. The quantitative estimate of drug-likeness (QED) is 0.127. The number of pyridine rings is 3. The molecule has 0 aliphatic carbocycles. The molecule has 0 N–H and O–H groups in total. The number of anilines is 2. The summed E-state index contributed by atoms with van der Waals surface area (Å²) in [5, 5.41) is 7.60. The average molecular weight is 1040 g/mol. The molecular weight excluding hydrogens is 986 g/mol. The van der Waals surface area contributed by atoms with Gasteiger partial charge in [-0.05, 0) is 66.7 Å². The number of fused-ring (bicyclic) bond motifs is 6.